The number of carboxylic acids is 1. The number of amides is 1. The molecule has 0 aromatic heterocycles. The van der Waals surface area contributed by atoms with Gasteiger partial charge < -0.3 is 15.4 Å². The first-order valence-corrected chi connectivity index (χ1v) is 13.4. The SMILES string of the molecule is CC1(C(=O)O)CCC(N=C(C(F)F)C(C=N)C(=O)N(CC(=O)c2c(Cl)cc(F)cc2Cl)Cc2cc(F)cc(F)c2)CC1. The lowest BCUT2D eigenvalue weighted by Gasteiger charge is -2.33. The Bertz CT molecular complexity index is 1370. The van der Waals surface area contributed by atoms with Crippen molar-refractivity contribution in [2.75, 3.05) is 6.54 Å². The van der Waals surface area contributed by atoms with E-state index in [0.717, 1.165) is 24.3 Å². The van der Waals surface area contributed by atoms with Crippen molar-refractivity contribution in [3.8, 4) is 0 Å². The number of nitrogens with one attached hydrogen (secondary N) is 1. The maximum absolute atomic E-state index is 14.3. The summed E-state index contributed by atoms with van der Waals surface area (Å²) in [6, 6.07) is 3.16. The average Bonchev–Trinajstić information content (AvgIpc) is 2.87. The van der Waals surface area contributed by atoms with Gasteiger partial charge in [0.05, 0.1) is 39.3 Å². The highest BCUT2D eigenvalue weighted by molar-refractivity contribution is 6.40. The van der Waals surface area contributed by atoms with E-state index in [4.69, 9.17) is 28.6 Å². The van der Waals surface area contributed by atoms with E-state index in [1.807, 2.05) is 0 Å². The molecule has 1 fully saturated rings. The molecule has 0 saturated heterocycles. The number of halogens is 7. The number of alkyl halides is 2. The Labute approximate surface area is 247 Å². The molecular formula is C28H26Cl2F5N3O4. The molecule has 0 radical (unpaired) electrons. The third kappa shape index (κ3) is 7.91. The second-order valence-corrected chi connectivity index (χ2v) is 11.0. The van der Waals surface area contributed by atoms with E-state index in [9.17, 15) is 41.4 Å². The number of carbonyl (C=O) groups is 3. The van der Waals surface area contributed by atoms with Gasteiger partial charge in [-0.3, -0.25) is 19.4 Å². The normalized spacial score (nSPS) is 19.8. The third-order valence-electron chi connectivity index (χ3n) is 7.11. The number of benzene rings is 2. The molecule has 42 heavy (non-hydrogen) atoms. The molecule has 0 heterocycles. The predicted molar refractivity (Wildman–Crippen MR) is 146 cm³/mol. The topological polar surface area (TPSA) is 111 Å². The lowest BCUT2D eigenvalue weighted by Crippen LogP contribution is -2.44. The van der Waals surface area contributed by atoms with E-state index in [-0.39, 0.29) is 36.8 Å². The maximum atomic E-state index is 14.3. The molecule has 0 spiro atoms. The molecule has 226 valence electrons. The van der Waals surface area contributed by atoms with Crippen molar-refractivity contribution in [1.82, 2.24) is 4.90 Å². The van der Waals surface area contributed by atoms with Gasteiger partial charge in [0.1, 0.15) is 23.4 Å². The zero-order valence-corrected chi connectivity index (χ0v) is 23.7. The van der Waals surface area contributed by atoms with Crippen molar-refractivity contribution in [2.24, 2.45) is 16.3 Å². The molecule has 14 heteroatoms. The van der Waals surface area contributed by atoms with Crippen LogP contribution in [0.5, 0.6) is 0 Å². The second kappa shape index (κ2) is 13.7. The Morgan fingerprint density at radius 1 is 1.05 bits per heavy atom. The predicted octanol–water partition coefficient (Wildman–Crippen LogP) is 6.63. The highest BCUT2D eigenvalue weighted by Gasteiger charge is 2.39. The summed E-state index contributed by atoms with van der Waals surface area (Å²) in [6.07, 6.45) is -2.30. The van der Waals surface area contributed by atoms with Gasteiger partial charge in [0, 0.05) is 18.8 Å². The van der Waals surface area contributed by atoms with Gasteiger partial charge >= 0.3 is 5.97 Å². The Kier molecular flexibility index (Phi) is 10.8. The standard InChI is InChI=1S/C28H26Cl2F5N3O4/c1-28(27(41)42)4-2-18(3-5-28)37-24(25(34)35)19(11-36)26(40)38(12-14-6-15(31)8-16(32)7-14)13-22(39)23-20(29)9-17(33)10-21(23)30/h6-11,18-19,25,36H,2-5,12-13H2,1H3,(H,41,42). The van der Waals surface area contributed by atoms with E-state index in [1.165, 1.54) is 6.92 Å². The summed E-state index contributed by atoms with van der Waals surface area (Å²) in [5.74, 6) is -7.99. The molecule has 1 atom stereocenters. The molecule has 0 bridgehead atoms. The molecule has 1 aliphatic rings. The second-order valence-electron chi connectivity index (χ2n) is 10.2. The maximum Gasteiger partial charge on any atom is 0.309 e. The van der Waals surface area contributed by atoms with Crippen LogP contribution in [-0.2, 0) is 16.1 Å². The van der Waals surface area contributed by atoms with Crippen LogP contribution in [0.1, 0.15) is 48.5 Å². The Balaban J connectivity index is 1.98. The number of Topliss-reactive ketones (excluding diaryl/α,β-unsaturated/α-hetero) is 1. The summed E-state index contributed by atoms with van der Waals surface area (Å²) in [4.78, 5) is 43.1. The average molecular weight is 634 g/mol. The summed E-state index contributed by atoms with van der Waals surface area (Å²) >= 11 is 12.0. The van der Waals surface area contributed by atoms with Crippen LogP contribution in [0.2, 0.25) is 10.0 Å². The minimum Gasteiger partial charge on any atom is -0.481 e. The van der Waals surface area contributed by atoms with Gasteiger partial charge in [-0.05, 0) is 62.4 Å². The quantitative estimate of drug-likeness (QED) is 0.164. The van der Waals surface area contributed by atoms with Crippen LogP contribution in [0.4, 0.5) is 22.0 Å². The highest BCUT2D eigenvalue weighted by Crippen LogP contribution is 2.37. The number of aliphatic carboxylic acids is 1. The first-order chi connectivity index (χ1) is 19.6. The number of hydrogen-bond donors (Lipinski definition) is 2. The first kappa shape index (κ1) is 33.1. The van der Waals surface area contributed by atoms with Crippen LogP contribution in [0, 0.1) is 34.2 Å². The number of rotatable bonds is 11. The zero-order valence-electron chi connectivity index (χ0n) is 22.2. The molecule has 1 saturated carbocycles. The van der Waals surface area contributed by atoms with Gasteiger partial charge in [-0.15, -0.1) is 0 Å². The third-order valence-corrected chi connectivity index (χ3v) is 7.71. The molecule has 2 aromatic rings. The van der Waals surface area contributed by atoms with Crippen LogP contribution in [0.3, 0.4) is 0 Å². The molecule has 1 unspecified atom stereocenters. The van der Waals surface area contributed by atoms with Gasteiger partial charge in [-0.25, -0.2) is 22.0 Å². The van der Waals surface area contributed by atoms with E-state index >= 15 is 0 Å². The molecule has 7 nitrogen and oxygen atoms in total. The van der Waals surface area contributed by atoms with Crippen LogP contribution >= 0.6 is 23.2 Å². The lowest BCUT2D eigenvalue weighted by molar-refractivity contribution is -0.149. The molecule has 2 N–H and O–H groups in total. The largest absolute Gasteiger partial charge is 0.481 e. The summed E-state index contributed by atoms with van der Waals surface area (Å²) in [6.45, 7) is 0.0111. The minimum absolute atomic E-state index is 0.135. The van der Waals surface area contributed by atoms with E-state index in [1.54, 1.807) is 0 Å². The van der Waals surface area contributed by atoms with Crippen molar-refractivity contribution in [3.05, 3.63) is 69.0 Å². The van der Waals surface area contributed by atoms with Crippen molar-refractivity contribution >= 4 is 52.8 Å². The fraction of sp³-hybridized carbons (Fsp3) is 0.393. The minimum atomic E-state index is -3.31. The van der Waals surface area contributed by atoms with Gasteiger partial charge in [0.25, 0.3) is 6.43 Å². The number of nitrogens with zero attached hydrogens (tertiary/aromatic N) is 2. The summed E-state index contributed by atoms with van der Waals surface area (Å²) in [5.41, 5.74) is -2.53. The smallest absolute Gasteiger partial charge is 0.309 e. The molecule has 3 rings (SSSR count). The van der Waals surface area contributed by atoms with E-state index in [2.05, 4.69) is 4.99 Å². The molecule has 0 aliphatic heterocycles. The highest BCUT2D eigenvalue weighted by atomic mass is 35.5. The van der Waals surface area contributed by atoms with E-state index < -0.39 is 87.8 Å². The monoisotopic (exact) mass is 633 g/mol. The van der Waals surface area contributed by atoms with Crippen LogP contribution in [-0.4, -0.2) is 58.6 Å². The van der Waals surface area contributed by atoms with Gasteiger partial charge in [-0.2, -0.15) is 0 Å². The van der Waals surface area contributed by atoms with Gasteiger partial charge in [0.15, 0.2) is 5.78 Å². The molecule has 2 aromatic carbocycles. The van der Waals surface area contributed by atoms with Crippen molar-refractivity contribution in [3.63, 3.8) is 0 Å². The zero-order chi connectivity index (χ0) is 31.4. The Hall–Kier alpha value is -3.38. The molecule has 1 aliphatic carbocycles. The summed E-state index contributed by atoms with van der Waals surface area (Å²) < 4.78 is 70.0. The first-order valence-electron chi connectivity index (χ1n) is 12.7. The van der Waals surface area contributed by atoms with Crippen molar-refractivity contribution < 1.29 is 41.4 Å². The number of ketones is 1. The van der Waals surface area contributed by atoms with E-state index in [0.29, 0.717) is 17.2 Å². The van der Waals surface area contributed by atoms with Crippen LogP contribution in [0.15, 0.2) is 35.3 Å². The number of carboxylic acid groups (broad SMARTS) is 1. The molecular weight excluding hydrogens is 608 g/mol. The molecule has 1 amide bonds. The number of hydrogen-bond acceptors (Lipinski definition) is 5. The Morgan fingerprint density at radius 2 is 1.57 bits per heavy atom. The summed E-state index contributed by atoms with van der Waals surface area (Å²) in [7, 11) is 0. The lowest BCUT2D eigenvalue weighted by atomic mass is 9.74. The fourth-order valence-corrected chi connectivity index (χ4v) is 5.41. The number of carbonyl (C=O) groups excluding carboxylic acids is 2. The van der Waals surface area contributed by atoms with Gasteiger partial charge in [0.2, 0.25) is 5.91 Å². The van der Waals surface area contributed by atoms with Crippen LogP contribution in [0.25, 0.3) is 0 Å². The van der Waals surface area contributed by atoms with Crippen LogP contribution < -0.4 is 0 Å². The summed E-state index contributed by atoms with van der Waals surface area (Å²) in [5, 5.41) is 16.4. The fourth-order valence-electron chi connectivity index (χ4n) is 4.74. The van der Waals surface area contributed by atoms with Crippen molar-refractivity contribution in [1.29, 1.82) is 5.41 Å². The van der Waals surface area contributed by atoms with Crippen molar-refractivity contribution in [2.45, 2.75) is 51.6 Å². The van der Waals surface area contributed by atoms with Gasteiger partial charge in [-0.1, -0.05) is 23.2 Å². The number of aliphatic imine (C=N–C) groups is 1. The Morgan fingerprint density at radius 3 is 2.05 bits per heavy atom.